The van der Waals surface area contributed by atoms with Crippen LogP contribution in [0.5, 0.6) is 0 Å². The van der Waals surface area contributed by atoms with Crippen LogP contribution in [-0.4, -0.2) is 11.8 Å². The monoisotopic (exact) mass is 268 g/mol. The molecule has 0 amide bonds. The maximum absolute atomic E-state index is 11.3. The zero-order valence-electron chi connectivity index (χ0n) is 10.1. The fourth-order valence-corrected chi connectivity index (χ4v) is 1.91. The minimum absolute atomic E-state index is 0.345. The second-order valence-corrected chi connectivity index (χ2v) is 4.41. The van der Waals surface area contributed by atoms with Crippen LogP contribution in [0.1, 0.15) is 11.3 Å². The van der Waals surface area contributed by atoms with Gasteiger partial charge in [-0.1, -0.05) is 34.5 Å². The Balaban J connectivity index is 1.84. The minimum atomic E-state index is -0.345. The quantitative estimate of drug-likeness (QED) is 0.622. The number of benzene rings is 1. The number of halogens is 1. The van der Waals surface area contributed by atoms with E-state index in [4.69, 9.17) is 11.6 Å². The first kappa shape index (κ1) is 12.9. The molecule has 18 heavy (non-hydrogen) atoms. The van der Waals surface area contributed by atoms with E-state index in [1.165, 1.54) is 0 Å². The Morgan fingerprint density at radius 1 is 1.44 bits per heavy atom. The highest BCUT2D eigenvalue weighted by atomic mass is 35.5. The predicted molar refractivity (Wildman–Crippen MR) is 67.4 cm³/mol. The summed E-state index contributed by atoms with van der Waals surface area (Å²) in [5, 5.41) is 6.43. The lowest BCUT2D eigenvalue weighted by Gasteiger charge is -2.03. The fourth-order valence-electron chi connectivity index (χ4n) is 1.68. The van der Waals surface area contributed by atoms with Crippen molar-refractivity contribution in [3.8, 4) is 0 Å². The van der Waals surface area contributed by atoms with Gasteiger partial charge in [-0.3, -0.25) is 4.52 Å². The Kier molecular flexibility index (Phi) is 4.17. The van der Waals surface area contributed by atoms with Crippen molar-refractivity contribution >= 4 is 11.6 Å². The van der Waals surface area contributed by atoms with E-state index in [9.17, 15) is 4.79 Å². The van der Waals surface area contributed by atoms with Crippen molar-refractivity contribution in [2.24, 2.45) is 7.05 Å². The van der Waals surface area contributed by atoms with E-state index < -0.39 is 0 Å². The lowest BCUT2D eigenvalue weighted by molar-refractivity contribution is -0.746. The second kappa shape index (κ2) is 5.84. The molecule has 0 spiro atoms. The first-order valence-corrected chi connectivity index (χ1v) is 6.07. The number of nitrogens with one attached hydrogen (secondary N) is 2. The minimum Gasteiger partial charge on any atom is -0.307 e. The summed E-state index contributed by atoms with van der Waals surface area (Å²) in [7, 11) is 1.73. The molecule has 0 radical (unpaired) electrons. The van der Waals surface area contributed by atoms with Crippen LogP contribution in [0.4, 0.5) is 0 Å². The highest BCUT2D eigenvalue weighted by Crippen LogP contribution is 2.14. The molecule has 0 aliphatic heterocycles. The fraction of sp³-hybridized carbons (Fsp3) is 0.333. The molecule has 2 N–H and O–H groups in total. The molecule has 5 nitrogen and oxygen atoms in total. The standard InChI is InChI=1S/C12H14ClN3O2/c1-16-11(12(17)18-15-16)8-14-7-6-9-4-2-3-5-10(9)13/h2-5,14H,6-8H2,1H3/p+1. The van der Waals surface area contributed by atoms with Crippen LogP contribution in [-0.2, 0) is 20.0 Å². The molecule has 0 unspecified atom stereocenters. The third-order valence-corrected chi connectivity index (χ3v) is 3.11. The molecular formula is C12H15ClN3O2+. The molecule has 0 atom stereocenters. The van der Waals surface area contributed by atoms with Gasteiger partial charge in [-0.2, -0.15) is 0 Å². The van der Waals surface area contributed by atoms with E-state index in [-0.39, 0.29) is 5.63 Å². The molecule has 0 bridgehead atoms. The molecule has 2 rings (SSSR count). The van der Waals surface area contributed by atoms with Gasteiger partial charge in [-0.15, -0.1) is 0 Å². The molecule has 1 heterocycles. The molecule has 0 aliphatic rings. The third kappa shape index (κ3) is 3.00. The van der Waals surface area contributed by atoms with Gasteiger partial charge in [-0.05, 0) is 29.9 Å². The predicted octanol–water partition coefficient (Wildman–Crippen LogP) is 0.778. The zero-order chi connectivity index (χ0) is 13.0. The van der Waals surface area contributed by atoms with Gasteiger partial charge >= 0.3 is 11.3 Å². The summed E-state index contributed by atoms with van der Waals surface area (Å²) >= 11 is 6.05. The molecule has 6 heteroatoms. The summed E-state index contributed by atoms with van der Waals surface area (Å²) in [5.74, 6) is 0. The van der Waals surface area contributed by atoms with E-state index in [0.29, 0.717) is 12.2 Å². The number of aromatic amines is 1. The van der Waals surface area contributed by atoms with Crippen molar-refractivity contribution in [3.05, 3.63) is 51.0 Å². The molecule has 0 aliphatic carbocycles. The van der Waals surface area contributed by atoms with Crippen molar-refractivity contribution in [2.75, 3.05) is 6.54 Å². The largest absolute Gasteiger partial charge is 0.431 e. The summed E-state index contributed by atoms with van der Waals surface area (Å²) < 4.78 is 6.21. The number of rotatable bonds is 5. The molecular weight excluding hydrogens is 254 g/mol. The Morgan fingerprint density at radius 2 is 2.22 bits per heavy atom. The average molecular weight is 269 g/mol. The van der Waals surface area contributed by atoms with Gasteiger partial charge in [0.05, 0.1) is 6.54 Å². The first-order valence-electron chi connectivity index (χ1n) is 5.69. The number of aromatic nitrogens is 2. The highest BCUT2D eigenvalue weighted by molar-refractivity contribution is 6.31. The maximum Gasteiger partial charge on any atom is 0.431 e. The number of hydrogen-bond donors (Lipinski definition) is 2. The van der Waals surface area contributed by atoms with Gasteiger partial charge in [-0.25, -0.2) is 4.79 Å². The van der Waals surface area contributed by atoms with E-state index in [1.54, 1.807) is 11.7 Å². The van der Waals surface area contributed by atoms with Crippen molar-refractivity contribution in [1.29, 1.82) is 0 Å². The summed E-state index contributed by atoms with van der Waals surface area (Å²) in [5.41, 5.74) is 1.31. The smallest absolute Gasteiger partial charge is 0.307 e. The summed E-state index contributed by atoms with van der Waals surface area (Å²) in [6, 6.07) is 7.73. The Labute approximate surface area is 109 Å². The van der Waals surface area contributed by atoms with E-state index >= 15 is 0 Å². The number of hydrogen-bond acceptors (Lipinski definition) is 3. The zero-order valence-corrected chi connectivity index (χ0v) is 10.8. The Hall–Kier alpha value is -1.59. The van der Waals surface area contributed by atoms with Crippen LogP contribution in [0.25, 0.3) is 0 Å². The van der Waals surface area contributed by atoms with E-state index in [2.05, 4.69) is 15.1 Å². The van der Waals surface area contributed by atoms with Crippen molar-refractivity contribution in [3.63, 3.8) is 0 Å². The van der Waals surface area contributed by atoms with Gasteiger partial charge in [0.15, 0.2) is 7.05 Å². The Morgan fingerprint density at radius 3 is 2.89 bits per heavy atom. The molecule has 1 aromatic heterocycles. The summed E-state index contributed by atoms with van der Waals surface area (Å²) in [6.45, 7) is 1.21. The van der Waals surface area contributed by atoms with Crippen LogP contribution in [0.3, 0.4) is 0 Å². The first-order chi connectivity index (χ1) is 8.68. The van der Waals surface area contributed by atoms with E-state index in [0.717, 1.165) is 23.6 Å². The summed E-state index contributed by atoms with van der Waals surface area (Å²) in [6.07, 6.45) is 0.819. The molecule has 0 saturated carbocycles. The summed E-state index contributed by atoms with van der Waals surface area (Å²) in [4.78, 5) is 11.3. The second-order valence-electron chi connectivity index (χ2n) is 4.00. The lowest BCUT2D eigenvalue weighted by Crippen LogP contribution is -2.39. The number of H-pyrrole nitrogens is 1. The number of aryl methyl sites for hydroxylation is 1. The number of nitrogens with zero attached hydrogens (tertiary/aromatic N) is 1. The van der Waals surface area contributed by atoms with Crippen LogP contribution < -0.4 is 15.6 Å². The SMILES string of the molecule is C[n+]1[nH]oc(=O)c1CNCCc1ccccc1Cl. The van der Waals surface area contributed by atoms with Crippen LogP contribution in [0.15, 0.2) is 33.6 Å². The Bertz CT molecular complexity index is 577. The third-order valence-electron chi connectivity index (χ3n) is 2.74. The lowest BCUT2D eigenvalue weighted by atomic mass is 10.1. The van der Waals surface area contributed by atoms with Crippen molar-refractivity contribution in [2.45, 2.75) is 13.0 Å². The highest BCUT2D eigenvalue weighted by Gasteiger charge is 2.15. The van der Waals surface area contributed by atoms with Gasteiger partial charge in [0.1, 0.15) is 0 Å². The topological polar surface area (TPSA) is 61.9 Å². The van der Waals surface area contributed by atoms with Crippen LogP contribution in [0.2, 0.25) is 5.02 Å². The van der Waals surface area contributed by atoms with Gasteiger partial charge in [0.25, 0.3) is 0 Å². The van der Waals surface area contributed by atoms with Crippen molar-refractivity contribution in [1.82, 2.24) is 10.6 Å². The van der Waals surface area contributed by atoms with Gasteiger partial charge in [0.2, 0.25) is 0 Å². The van der Waals surface area contributed by atoms with Gasteiger partial charge < -0.3 is 5.32 Å². The molecule has 2 aromatic rings. The normalized spacial score (nSPS) is 10.8. The molecule has 0 fully saturated rings. The molecule has 96 valence electrons. The van der Waals surface area contributed by atoms with Crippen LogP contribution in [0, 0.1) is 0 Å². The van der Waals surface area contributed by atoms with Crippen molar-refractivity contribution < 1.29 is 9.20 Å². The molecule has 1 aromatic carbocycles. The average Bonchev–Trinajstić information content (AvgIpc) is 2.67. The van der Waals surface area contributed by atoms with Crippen LogP contribution >= 0.6 is 11.6 Å². The molecule has 0 saturated heterocycles. The van der Waals surface area contributed by atoms with E-state index in [1.807, 2.05) is 24.3 Å². The van der Waals surface area contributed by atoms with Gasteiger partial charge in [0, 0.05) is 5.02 Å². The maximum atomic E-state index is 11.3.